The first-order valence-corrected chi connectivity index (χ1v) is 6.13. The zero-order valence-corrected chi connectivity index (χ0v) is 9.90. The maximum absolute atomic E-state index is 13.7. The van der Waals surface area contributed by atoms with Crippen LogP contribution in [0.15, 0.2) is 29.3 Å². The van der Waals surface area contributed by atoms with Gasteiger partial charge in [-0.1, -0.05) is 6.07 Å². The van der Waals surface area contributed by atoms with Crippen LogP contribution in [0.25, 0.3) is 10.9 Å². The molecule has 0 saturated carbocycles. The summed E-state index contributed by atoms with van der Waals surface area (Å²) in [5, 5.41) is 3.40. The summed E-state index contributed by atoms with van der Waals surface area (Å²) in [6, 6.07) is 4.79. The van der Waals surface area contributed by atoms with Gasteiger partial charge < -0.3 is 5.32 Å². The van der Waals surface area contributed by atoms with Crippen molar-refractivity contribution in [3.05, 3.63) is 40.7 Å². The molecule has 0 unspecified atom stereocenters. The van der Waals surface area contributed by atoms with E-state index >= 15 is 0 Å². The lowest BCUT2D eigenvalue weighted by atomic mass is 10.2. The molecule has 1 aliphatic rings. The van der Waals surface area contributed by atoms with Crippen molar-refractivity contribution in [3.8, 4) is 0 Å². The van der Waals surface area contributed by atoms with Crippen molar-refractivity contribution >= 4 is 10.9 Å². The van der Waals surface area contributed by atoms with E-state index in [0.717, 1.165) is 19.4 Å². The van der Waals surface area contributed by atoms with Crippen molar-refractivity contribution < 1.29 is 4.39 Å². The Morgan fingerprint density at radius 3 is 3.17 bits per heavy atom. The second-order valence-corrected chi connectivity index (χ2v) is 4.63. The second kappa shape index (κ2) is 4.49. The Bertz CT molecular complexity index is 632. The molecule has 0 radical (unpaired) electrons. The molecule has 1 fully saturated rings. The lowest BCUT2D eigenvalue weighted by Crippen LogP contribution is -2.32. The number of fused-ring (bicyclic) bond motifs is 1. The molecule has 18 heavy (non-hydrogen) atoms. The summed E-state index contributed by atoms with van der Waals surface area (Å²) in [4.78, 5) is 16.3. The van der Waals surface area contributed by atoms with Crippen molar-refractivity contribution in [2.24, 2.45) is 0 Å². The highest BCUT2D eigenvalue weighted by Gasteiger charge is 2.16. The number of aromatic nitrogens is 2. The van der Waals surface area contributed by atoms with E-state index in [4.69, 9.17) is 0 Å². The SMILES string of the molecule is O=c1c2c(F)cccc2ncn1C[C@H]1CCCN1. The minimum absolute atomic E-state index is 0.0815. The van der Waals surface area contributed by atoms with Crippen LogP contribution < -0.4 is 10.9 Å². The fourth-order valence-corrected chi connectivity index (χ4v) is 2.44. The zero-order chi connectivity index (χ0) is 12.5. The van der Waals surface area contributed by atoms with Gasteiger partial charge in [-0.25, -0.2) is 9.37 Å². The fraction of sp³-hybridized carbons (Fsp3) is 0.385. The van der Waals surface area contributed by atoms with Gasteiger partial charge >= 0.3 is 0 Å². The summed E-state index contributed by atoms with van der Waals surface area (Å²) in [6.45, 7) is 1.53. The molecular formula is C13H14FN3O. The highest BCUT2D eigenvalue weighted by atomic mass is 19.1. The summed E-state index contributed by atoms with van der Waals surface area (Å²) in [5.74, 6) is -0.501. The molecule has 1 aromatic carbocycles. The first-order chi connectivity index (χ1) is 8.75. The molecule has 1 N–H and O–H groups in total. The van der Waals surface area contributed by atoms with Crippen molar-refractivity contribution in [2.75, 3.05) is 6.54 Å². The maximum Gasteiger partial charge on any atom is 0.264 e. The Labute approximate surface area is 103 Å². The Morgan fingerprint density at radius 2 is 2.39 bits per heavy atom. The highest BCUT2D eigenvalue weighted by molar-refractivity contribution is 5.77. The summed E-state index contributed by atoms with van der Waals surface area (Å²) in [6.07, 6.45) is 3.67. The number of hydrogen-bond acceptors (Lipinski definition) is 3. The normalized spacial score (nSPS) is 19.5. The van der Waals surface area contributed by atoms with Crippen LogP contribution in [0.1, 0.15) is 12.8 Å². The molecule has 4 nitrogen and oxygen atoms in total. The van der Waals surface area contributed by atoms with Gasteiger partial charge in [0.1, 0.15) is 11.2 Å². The molecule has 0 aliphatic carbocycles. The molecule has 1 aliphatic heterocycles. The van der Waals surface area contributed by atoms with Gasteiger partial charge in [-0.05, 0) is 31.5 Å². The molecule has 0 amide bonds. The van der Waals surface area contributed by atoms with Gasteiger partial charge in [0.2, 0.25) is 0 Å². The van der Waals surface area contributed by atoms with Crippen molar-refractivity contribution in [2.45, 2.75) is 25.4 Å². The first-order valence-electron chi connectivity index (χ1n) is 6.13. The molecule has 0 spiro atoms. The van der Waals surface area contributed by atoms with Crippen LogP contribution in [0.3, 0.4) is 0 Å². The van der Waals surface area contributed by atoms with E-state index in [1.807, 2.05) is 0 Å². The second-order valence-electron chi connectivity index (χ2n) is 4.63. The number of hydrogen-bond donors (Lipinski definition) is 1. The van der Waals surface area contributed by atoms with Gasteiger partial charge in [0.25, 0.3) is 5.56 Å². The quantitative estimate of drug-likeness (QED) is 0.869. The third-order valence-corrected chi connectivity index (χ3v) is 3.38. The van der Waals surface area contributed by atoms with Gasteiger partial charge in [0.15, 0.2) is 0 Å². The van der Waals surface area contributed by atoms with Crippen LogP contribution in [-0.2, 0) is 6.54 Å². The summed E-state index contributed by atoms with van der Waals surface area (Å²) in [5.41, 5.74) is 0.113. The van der Waals surface area contributed by atoms with Crippen molar-refractivity contribution in [1.29, 1.82) is 0 Å². The van der Waals surface area contributed by atoms with E-state index in [9.17, 15) is 9.18 Å². The Balaban J connectivity index is 2.05. The molecule has 94 valence electrons. The van der Waals surface area contributed by atoms with Crippen LogP contribution in [0.5, 0.6) is 0 Å². The average Bonchev–Trinajstić information content (AvgIpc) is 2.86. The summed E-state index contributed by atoms with van der Waals surface area (Å²) in [7, 11) is 0. The van der Waals surface area contributed by atoms with Crippen LogP contribution in [0, 0.1) is 5.82 Å². The smallest absolute Gasteiger partial charge is 0.264 e. The number of nitrogens with zero attached hydrogens (tertiary/aromatic N) is 2. The van der Waals surface area contributed by atoms with Gasteiger partial charge in [-0.15, -0.1) is 0 Å². The van der Waals surface area contributed by atoms with E-state index in [1.54, 1.807) is 12.1 Å². The molecule has 1 aromatic heterocycles. The van der Waals surface area contributed by atoms with Crippen LogP contribution in [0.2, 0.25) is 0 Å². The van der Waals surface area contributed by atoms with Crippen molar-refractivity contribution in [3.63, 3.8) is 0 Å². The third kappa shape index (κ3) is 1.90. The van der Waals surface area contributed by atoms with E-state index in [0.29, 0.717) is 12.1 Å². The van der Waals surface area contributed by atoms with Gasteiger partial charge in [0.05, 0.1) is 11.8 Å². The van der Waals surface area contributed by atoms with Crippen molar-refractivity contribution in [1.82, 2.24) is 14.9 Å². The van der Waals surface area contributed by atoms with E-state index in [1.165, 1.54) is 17.0 Å². The monoisotopic (exact) mass is 247 g/mol. The molecule has 5 heteroatoms. The number of benzene rings is 1. The molecular weight excluding hydrogens is 233 g/mol. The van der Waals surface area contributed by atoms with Crippen LogP contribution in [0.4, 0.5) is 4.39 Å². The maximum atomic E-state index is 13.7. The molecule has 1 saturated heterocycles. The molecule has 3 rings (SSSR count). The Morgan fingerprint density at radius 1 is 1.50 bits per heavy atom. The molecule has 2 heterocycles. The van der Waals surface area contributed by atoms with Gasteiger partial charge in [-0.2, -0.15) is 0 Å². The zero-order valence-electron chi connectivity index (χ0n) is 9.90. The lowest BCUT2D eigenvalue weighted by Gasteiger charge is -2.12. The predicted molar refractivity (Wildman–Crippen MR) is 67.0 cm³/mol. The van der Waals surface area contributed by atoms with Gasteiger partial charge in [0, 0.05) is 12.6 Å². The van der Waals surface area contributed by atoms with E-state index in [-0.39, 0.29) is 17.0 Å². The first kappa shape index (κ1) is 11.3. The third-order valence-electron chi connectivity index (χ3n) is 3.38. The van der Waals surface area contributed by atoms with Crippen LogP contribution >= 0.6 is 0 Å². The number of halogens is 1. The Hall–Kier alpha value is -1.75. The molecule has 2 aromatic rings. The van der Waals surface area contributed by atoms with Crippen LogP contribution in [-0.4, -0.2) is 22.1 Å². The lowest BCUT2D eigenvalue weighted by molar-refractivity contribution is 0.496. The largest absolute Gasteiger partial charge is 0.312 e. The average molecular weight is 247 g/mol. The highest BCUT2D eigenvalue weighted by Crippen LogP contribution is 2.11. The van der Waals surface area contributed by atoms with E-state index < -0.39 is 5.82 Å². The molecule has 0 bridgehead atoms. The fourth-order valence-electron chi connectivity index (χ4n) is 2.44. The minimum atomic E-state index is -0.501. The minimum Gasteiger partial charge on any atom is -0.312 e. The predicted octanol–water partition coefficient (Wildman–Crippen LogP) is 1.29. The standard InChI is InChI=1S/C13H14FN3O/c14-10-4-1-5-11-12(10)13(18)17(8-16-11)7-9-3-2-6-15-9/h1,4-5,8-9,15H,2-3,6-7H2/t9-/m1/s1. The van der Waals surface area contributed by atoms with Gasteiger partial charge in [-0.3, -0.25) is 9.36 Å². The number of rotatable bonds is 2. The number of nitrogens with one attached hydrogen (secondary N) is 1. The Kier molecular flexibility index (Phi) is 2.83. The van der Waals surface area contributed by atoms with E-state index in [2.05, 4.69) is 10.3 Å². The topological polar surface area (TPSA) is 46.9 Å². The summed E-state index contributed by atoms with van der Waals surface area (Å²) >= 11 is 0. The molecule has 1 atom stereocenters. The summed E-state index contributed by atoms with van der Waals surface area (Å²) < 4.78 is 15.2.